The van der Waals surface area contributed by atoms with E-state index in [4.69, 9.17) is 4.74 Å². The Morgan fingerprint density at radius 2 is 2.16 bits per heavy atom. The summed E-state index contributed by atoms with van der Waals surface area (Å²) < 4.78 is 7.53. The number of hydrogen-bond donors (Lipinski definition) is 1. The van der Waals surface area contributed by atoms with Gasteiger partial charge in [0.1, 0.15) is 5.82 Å². The number of urea groups is 1. The highest BCUT2D eigenvalue weighted by Crippen LogP contribution is 2.19. The molecule has 1 saturated heterocycles. The molecule has 0 saturated carbocycles. The quantitative estimate of drug-likeness (QED) is 0.878. The number of nitrogens with zero attached hydrogens (tertiary/aromatic N) is 3. The molecule has 1 atom stereocenters. The molecule has 1 aliphatic heterocycles. The third-order valence-electron chi connectivity index (χ3n) is 4.57. The number of aromatic nitrogens is 2. The third kappa shape index (κ3) is 4.60. The normalized spacial score (nSPS) is 17.0. The molecule has 0 radical (unpaired) electrons. The average Bonchev–Trinajstić information content (AvgIpc) is 3.23. The molecule has 2 amide bonds. The number of nitrogens with one attached hydrogen (secondary N) is 1. The molecular weight excluding hydrogens is 316 g/mol. The molecule has 0 spiro atoms. The van der Waals surface area contributed by atoms with Gasteiger partial charge in [0, 0.05) is 32.1 Å². The van der Waals surface area contributed by atoms with Crippen molar-refractivity contribution < 1.29 is 9.53 Å². The van der Waals surface area contributed by atoms with E-state index >= 15 is 0 Å². The molecule has 1 aromatic heterocycles. The van der Waals surface area contributed by atoms with Gasteiger partial charge in [-0.05, 0) is 18.4 Å². The lowest BCUT2D eigenvalue weighted by Crippen LogP contribution is -2.34. The highest BCUT2D eigenvalue weighted by molar-refractivity contribution is 5.88. The number of carbonyl (C=O) groups is 1. The van der Waals surface area contributed by atoms with E-state index < -0.39 is 0 Å². The summed E-state index contributed by atoms with van der Waals surface area (Å²) in [4.78, 5) is 14.3. The van der Waals surface area contributed by atoms with Gasteiger partial charge in [-0.25, -0.2) is 4.79 Å². The van der Waals surface area contributed by atoms with Crippen molar-refractivity contribution in [2.45, 2.75) is 26.4 Å². The van der Waals surface area contributed by atoms with E-state index in [1.807, 2.05) is 36.2 Å². The molecule has 25 heavy (non-hydrogen) atoms. The summed E-state index contributed by atoms with van der Waals surface area (Å²) in [6.07, 6.45) is 1.84. The number of likely N-dealkylation sites (tertiary alicyclic amines) is 1. The largest absolute Gasteiger partial charge is 0.376 e. The van der Waals surface area contributed by atoms with Gasteiger partial charge in [0.15, 0.2) is 0 Å². The molecule has 134 valence electrons. The van der Waals surface area contributed by atoms with Gasteiger partial charge < -0.3 is 9.64 Å². The molecule has 3 rings (SSSR count). The van der Waals surface area contributed by atoms with Gasteiger partial charge >= 0.3 is 6.03 Å². The van der Waals surface area contributed by atoms with Crippen LogP contribution in [0.25, 0.3) is 0 Å². The second-order valence-electron chi connectivity index (χ2n) is 6.53. The Hall–Kier alpha value is -2.34. The van der Waals surface area contributed by atoms with Crippen LogP contribution in [0.4, 0.5) is 10.6 Å². The van der Waals surface area contributed by atoms with Gasteiger partial charge in [0.05, 0.1) is 18.9 Å². The number of carbonyl (C=O) groups excluding carboxylic acids is 1. The topological polar surface area (TPSA) is 59.4 Å². The summed E-state index contributed by atoms with van der Waals surface area (Å²) in [5.74, 6) is 1.14. The zero-order chi connectivity index (χ0) is 17.6. The van der Waals surface area contributed by atoms with Crippen molar-refractivity contribution in [3.8, 4) is 0 Å². The average molecular weight is 342 g/mol. The fourth-order valence-electron chi connectivity index (χ4n) is 3.08. The minimum atomic E-state index is -0.0591. The summed E-state index contributed by atoms with van der Waals surface area (Å²) in [6, 6.07) is 12.0. The SMILES string of the molecule is CCc1cc(NC(=O)N2CCC(COCc3ccccc3)C2)n(C)n1. The molecule has 1 aliphatic rings. The lowest BCUT2D eigenvalue weighted by atomic mass is 10.1. The minimum absolute atomic E-state index is 0.0591. The van der Waals surface area contributed by atoms with Crippen LogP contribution in [0.5, 0.6) is 0 Å². The Labute approximate surface area is 148 Å². The van der Waals surface area contributed by atoms with Crippen molar-refractivity contribution in [3.05, 3.63) is 47.7 Å². The molecular formula is C19H26N4O2. The van der Waals surface area contributed by atoms with Crippen LogP contribution < -0.4 is 5.32 Å². The van der Waals surface area contributed by atoms with Crippen LogP contribution in [0.2, 0.25) is 0 Å². The Bertz CT molecular complexity index is 699. The molecule has 6 nitrogen and oxygen atoms in total. The Kier molecular flexibility index (Phi) is 5.71. The van der Waals surface area contributed by atoms with E-state index in [1.54, 1.807) is 4.68 Å². The predicted octanol–water partition coefficient (Wildman–Crippen LogP) is 3.05. The first-order chi connectivity index (χ1) is 12.2. The van der Waals surface area contributed by atoms with Gasteiger partial charge in [-0.1, -0.05) is 37.3 Å². The van der Waals surface area contributed by atoms with E-state index in [9.17, 15) is 4.79 Å². The summed E-state index contributed by atoms with van der Waals surface area (Å²) in [7, 11) is 1.85. The zero-order valence-electron chi connectivity index (χ0n) is 14.9. The van der Waals surface area contributed by atoms with Crippen molar-refractivity contribution in [2.24, 2.45) is 13.0 Å². The second kappa shape index (κ2) is 8.16. The van der Waals surface area contributed by atoms with Crippen LogP contribution in [0.15, 0.2) is 36.4 Å². The summed E-state index contributed by atoms with van der Waals surface area (Å²) in [6.45, 7) is 4.86. The number of rotatable bonds is 6. The molecule has 1 N–H and O–H groups in total. The highest BCUT2D eigenvalue weighted by Gasteiger charge is 2.26. The summed E-state index contributed by atoms with van der Waals surface area (Å²) >= 11 is 0. The molecule has 1 aromatic carbocycles. The van der Waals surface area contributed by atoms with Crippen molar-refractivity contribution in [1.82, 2.24) is 14.7 Å². The standard InChI is InChI=1S/C19H26N4O2/c1-3-17-11-18(22(2)21-17)20-19(24)23-10-9-16(12-23)14-25-13-15-7-5-4-6-8-15/h4-8,11,16H,3,9-10,12-14H2,1-2H3,(H,20,24). The summed E-state index contributed by atoms with van der Waals surface area (Å²) in [5.41, 5.74) is 2.16. The molecule has 1 fully saturated rings. The number of amides is 2. The Morgan fingerprint density at radius 3 is 2.88 bits per heavy atom. The highest BCUT2D eigenvalue weighted by atomic mass is 16.5. The maximum absolute atomic E-state index is 12.4. The maximum atomic E-state index is 12.4. The Balaban J connectivity index is 1.44. The third-order valence-corrected chi connectivity index (χ3v) is 4.57. The van der Waals surface area contributed by atoms with Crippen LogP contribution in [-0.2, 0) is 24.8 Å². The number of benzene rings is 1. The van der Waals surface area contributed by atoms with Crippen LogP contribution in [0.3, 0.4) is 0 Å². The fraction of sp³-hybridized carbons (Fsp3) is 0.474. The smallest absolute Gasteiger partial charge is 0.323 e. The molecule has 2 aromatic rings. The lowest BCUT2D eigenvalue weighted by Gasteiger charge is -2.17. The number of ether oxygens (including phenoxy) is 1. The maximum Gasteiger partial charge on any atom is 0.323 e. The number of anilines is 1. The number of hydrogen-bond acceptors (Lipinski definition) is 3. The van der Waals surface area contributed by atoms with Crippen molar-refractivity contribution >= 4 is 11.8 Å². The van der Waals surface area contributed by atoms with Crippen LogP contribution in [0.1, 0.15) is 24.6 Å². The lowest BCUT2D eigenvalue weighted by molar-refractivity contribution is 0.0900. The van der Waals surface area contributed by atoms with E-state index in [-0.39, 0.29) is 6.03 Å². The molecule has 6 heteroatoms. The van der Waals surface area contributed by atoms with E-state index in [0.717, 1.165) is 37.4 Å². The van der Waals surface area contributed by atoms with E-state index in [1.165, 1.54) is 5.56 Å². The molecule has 0 bridgehead atoms. The van der Waals surface area contributed by atoms with E-state index in [2.05, 4.69) is 29.5 Å². The van der Waals surface area contributed by atoms with Crippen molar-refractivity contribution in [3.63, 3.8) is 0 Å². The van der Waals surface area contributed by atoms with E-state index in [0.29, 0.717) is 19.1 Å². The second-order valence-corrected chi connectivity index (χ2v) is 6.53. The van der Waals surface area contributed by atoms with Crippen molar-refractivity contribution in [1.29, 1.82) is 0 Å². The van der Waals surface area contributed by atoms with Gasteiger partial charge in [-0.3, -0.25) is 10.00 Å². The van der Waals surface area contributed by atoms with Gasteiger partial charge in [-0.2, -0.15) is 5.10 Å². The molecule has 0 aliphatic carbocycles. The van der Waals surface area contributed by atoms with Gasteiger partial charge in [0.25, 0.3) is 0 Å². The predicted molar refractivity (Wildman–Crippen MR) is 97.4 cm³/mol. The van der Waals surface area contributed by atoms with Crippen molar-refractivity contribution in [2.75, 3.05) is 25.0 Å². The first kappa shape index (κ1) is 17.5. The van der Waals surface area contributed by atoms with Crippen LogP contribution in [-0.4, -0.2) is 40.4 Å². The first-order valence-corrected chi connectivity index (χ1v) is 8.86. The Morgan fingerprint density at radius 1 is 1.36 bits per heavy atom. The monoisotopic (exact) mass is 342 g/mol. The van der Waals surface area contributed by atoms with Crippen LogP contribution >= 0.6 is 0 Å². The van der Waals surface area contributed by atoms with Gasteiger partial charge in [0.2, 0.25) is 0 Å². The van der Waals surface area contributed by atoms with Crippen LogP contribution in [0, 0.1) is 5.92 Å². The fourth-order valence-corrected chi connectivity index (χ4v) is 3.08. The number of aryl methyl sites for hydroxylation is 2. The molecule has 1 unspecified atom stereocenters. The first-order valence-electron chi connectivity index (χ1n) is 8.86. The zero-order valence-corrected chi connectivity index (χ0v) is 14.9. The molecule has 2 heterocycles. The summed E-state index contributed by atoms with van der Waals surface area (Å²) in [5, 5.41) is 7.31. The minimum Gasteiger partial charge on any atom is -0.376 e. The van der Waals surface area contributed by atoms with Gasteiger partial charge in [-0.15, -0.1) is 0 Å².